The lowest BCUT2D eigenvalue weighted by Gasteiger charge is -2.29. The molecule has 2 unspecified atom stereocenters. The minimum Gasteiger partial charge on any atom is -0.475 e. The number of aryl methyl sites for hydroxylation is 1. The number of carbonyl (C=O) groups excluding carboxylic acids is 1. The molecule has 0 saturated heterocycles. The summed E-state index contributed by atoms with van der Waals surface area (Å²) in [4.78, 5) is 20.2. The van der Waals surface area contributed by atoms with Crippen LogP contribution < -0.4 is 15.2 Å². The van der Waals surface area contributed by atoms with Crippen molar-refractivity contribution in [3.8, 4) is 5.88 Å². The van der Waals surface area contributed by atoms with E-state index >= 15 is 0 Å². The molecule has 2 aromatic heterocycles. The molecule has 3 N–H and O–H groups in total. The van der Waals surface area contributed by atoms with Gasteiger partial charge >= 0.3 is 6.03 Å². The Kier molecular flexibility index (Phi) is 4.63. The Morgan fingerprint density at radius 2 is 2.12 bits per heavy atom. The highest BCUT2D eigenvalue weighted by atomic mass is 32.2. The van der Waals surface area contributed by atoms with Gasteiger partial charge in [-0.3, -0.25) is 4.98 Å². The van der Waals surface area contributed by atoms with Gasteiger partial charge in [-0.15, -0.1) is 4.36 Å². The maximum absolute atomic E-state index is 13.3. The van der Waals surface area contributed by atoms with Crippen LogP contribution in [0.15, 0.2) is 15.5 Å². The Balaban J connectivity index is 1.31. The van der Waals surface area contributed by atoms with Gasteiger partial charge in [0.15, 0.2) is 9.92 Å². The van der Waals surface area contributed by atoms with Crippen molar-refractivity contribution in [2.75, 3.05) is 26.0 Å². The minimum atomic E-state index is -3.53. The molecule has 2 aromatic rings. The van der Waals surface area contributed by atoms with E-state index in [1.165, 1.54) is 19.0 Å². The van der Waals surface area contributed by atoms with Gasteiger partial charge in [0, 0.05) is 11.1 Å². The Hall–Kier alpha value is -2.50. The van der Waals surface area contributed by atoms with Gasteiger partial charge in [0.25, 0.3) is 0 Å². The summed E-state index contributed by atoms with van der Waals surface area (Å²) < 4.78 is 24.6. The van der Waals surface area contributed by atoms with Crippen LogP contribution in [0.1, 0.15) is 48.2 Å². The minimum absolute atomic E-state index is 0.143. The van der Waals surface area contributed by atoms with Crippen molar-refractivity contribution >= 4 is 21.6 Å². The molecule has 33 heavy (non-hydrogen) atoms. The highest BCUT2D eigenvalue weighted by molar-refractivity contribution is 7.91. The van der Waals surface area contributed by atoms with Gasteiger partial charge in [0.05, 0.1) is 30.2 Å². The van der Waals surface area contributed by atoms with E-state index in [1.807, 2.05) is 19.0 Å². The van der Waals surface area contributed by atoms with Gasteiger partial charge < -0.3 is 15.0 Å². The summed E-state index contributed by atoms with van der Waals surface area (Å²) in [5.74, 6) is 0.318. The lowest BCUT2D eigenvalue weighted by atomic mass is 10.0. The molecule has 10 nitrogen and oxygen atoms in total. The standard InChI is InChI=1S/C22H29N7O3S/c1-28(2)13-11-29-20(32-12-13)17(10-24-29)33(23,31)27-21(30)26-18-14-4-3-5-16(14)25-19-15(18)6-7-22(19)8-9-22/h10,13H,3-9,11-12H2,1-2H3,(H3,23,25,26,27,30,31). The first kappa shape index (κ1) is 21.1. The summed E-state index contributed by atoms with van der Waals surface area (Å²) in [6, 6.07) is -0.561. The van der Waals surface area contributed by atoms with Crippen LogP contribution in [0.2, 0.25) is 0 Å². The Labute approximate surface area is 193 Å². The Morgan fingerprint density at radius 1 is 1.30 bits per heavy atom. The zero-order valence-electron chi connectivity index (χ0n) is 19.0. The molecule has 0 bridgehead atoms. The van der Waals surface area contributed by atoms with Gasteiger partial charge in [0.2, 0.25) is 5.88 Å². The average Bonchev–Trinajstić information content (AvgIpc) is 3.11. The Morgan fingerprint density at radius 3 is 2.88 bits per heavy atom. The summed E-state index contributed by atoms with van der Waals surface area (Å²) in [5, 5.41) is 13.3. The van der Waals surface area contributed by atoms with E-state index in [4.69, 9.17) is 14.9 Å². The van der Waals surface area contributed by atoms with Gasteiger partial charge in [0.1, 0.15) is 11.5 Å². The second-order valence-corrected chi connectivity index (χ2v) is 11.6. The topological polar surface area (TPSA) is 128 Å². The number of anilines is 1. The van der Waals surface area contributed by atoms with E-state index < -0.39 is 15.9 Å². The van der Waals surface area contributed by atoms with E-state index in [1.54, 1.807) is 4.68 Å². The maximum Gasteiger partial charge on any atom is 0.354 e. The van der Waals surface area contributed by atoms with Gasteiger partial charge in [-0.1, -0.05) is 0 Å². The highest BCUT2D eigenvalue weighted by Gasteiger charge is 2.51. The van der Waals surface area contributed by atoms with Gasteiger partial charge in [-0.2, -0.15) is 5.10 Å². The van der Waals surface area contributed by atoms with Crippen LogP contribution in [0.5, 0.6) is 5.88 Å². The second-order valence-electron chi connectivity index (χ2n) is 9.89. The van der Waals surface area contributed by atoms with Crippen LogP contribution >= 0.6 is 0 Å². The molecule has 0 radical (unpaired) electrons. The summed E-state index contributed by atoms with van der Waals surface area (Å²) in [5.41, 5.74) is 5.49. The van der Waals surface area contributed by atoms with Crippen molar-refractivity contribution in [3.05, 3.63) is 28.7 Å². The van der Waals surface area contributed by atoms with Crippen LogP contribution in [-0.4, -0.2) is 56.6 Å². The van der Waals surface area contributed by atoms with Crippen LogP contribution in [0, 0.1) is 0 Å². The fraction of sp³-hybridized carbons (Fsp3) is 0.591. The first-order valence-electron chi connectivity index (χ1n) is 11.5. The molecule has 11 heteroatoms. The molecule has 3 heterocycles. The normalized spacial score (nSPS) is 23.5. The summed E-state index contributed by atoms with van der Waals surface area (Å²) >= 11 is 0. The number of rotatable bonds is 3. The van der Waals surface area contributed by atoms with Gasteiger partial charge in [-0.25, -0.2) is 18.8 Å². The number of hydrogen-bond donors (Lipinski definition) is 2. The molecule has 176 valence electrons. The molecule has 6 rings (SSSR count). The van der Waals surface area contributed by atoms with E-state index in [9.17, 15) is 9.00 Å². The number of nitrogens with zero attached hydrogens (tertiary/aromatic N) is 5. The lowest BCUT2D eigenvalue weighted by molar-refractivity contribution is 0.117. The molecular weight excluding hydrogens is 442 g/mol. The molecule has 1 saturated carbocycles. The first-order chi connectivity index (χ1) is 15.8. The predicted molar refractivity (Wildman–Crippen MR) is 123 cm³/mol. The van der Waals surface area contributed by atoms with Crippen molar-refractivity contribution in [1.29, 1.82) is 0 Å². The molecule has 3 aliphatic carbocycles. The average molecular weight is 472 g/mol. The molecular formula is C22H29N7O3S. The van der Waals surface area contributed by atoms with Crippen LogP contribution in [0.3, 0.4) is 0 Å². The zero-order valence-corrected chi connectivity index (χ0v) is 19.8. The lowest BCUT2D eigenvalue weighted by Crippen LogP contribution is -2.41. The van der Waals surface area contributed by atoms with Crippen molar-refractivity contribution in [1.82, 2.24) is 19.7 Å². The largest absolute Gasteiger partial charge is 0.475 e. The number of pyridine rings is 1. The summed E-state index contributed by atoms with van der Waals surface area (Å²) in [6.07, 6.45) is 8.56. The first-order valence-corrected chi connectivity index (χ1v) is 13.1. The molecule has 0 aromatic carbocycles. The van der Waals surface area contributed by atoms with E-state index in [-0.39, 0.29) is 16.4 Å². The monoisotopic (exact) mass is 471 g/mol. The van der Waals surface area contributed by atoms with Gasteiger partial charge in [-0.05, 0) is 70.2 Å². The van der Waals surface area contributed by atoms with Crippen molar-refractivity contribution in [2.24, 2.45) is 9.50 Å². The fourth-order valence-corrected chi connectivity index (χ4v) is 6.45. The summed E-state index contributed by atoms with van der Waals surface area (Å²) in [7, 11) is 0.402. The third-order valence-corrected chi connectivity index (χ3v) is 8.93. The second kappa shape index (κ2) is 7.25. The number of fused-ring (bicyclic) bond motifs is 4. The number of amides is 2. The molecule has 4 aliphatic rings. The third kappa shape index (κ3) is 3.36. The number of urea groups is 1. The number of nitrogens with one attached hydrogen (secondary N) is 1. The Bertz CT molecular complexity index is 1290. The molecule has 2 atom stereocenters. The number of likely N-dealkylation sites (N-methyl/N-ethyl adjacent to an activating group) is 1. The van der Waals surface area contributed by atoms with Crippen LogP contribution in [0.25, 0.3) is 0 Å². The quantitative estimate of drug-likeness (QED) is 0.705. The molecule has 2 amide bonds. The van der Waals surface area contributed by atoms with E-state index in [0.717, 1.165) is 60.3 Å². The predicted octanol–water partition coefficient (Wildman–Crippen LogP) is 2.00. The van der Waals surface area contributed by atoms with E-state index in [0.29, 0.717) is 19.0 Å². The fourth-order valence-electron chi connectivity index (χ4n) is 5.45. The number of aromatic nitrogens is 3. The number of ether oxygens (including phenoxy) is 1. The third-order valence-electron chi connectivity index (χ3n) is 7.59. The number of nitrogens with two attached hydrogens (primary N) is 1. The van der Waals surface area contributed by atoms with E-state index in [2.05, 4.69) is 14.8 Å². The number of carbonyl (C=O) groups is 1. The van der Waals surface area contributed by atoms with Crippen LogP contribution in [0.4, 0.5) is 10.5 Å². The molecule has 1 fully saturated rings. The zero-order chi connectivity index (χ0) is 23.0. The van der Waals surface area contributed by atoms with Crippen molar-refractivity contribution < 1.29 is 13.7 Å². The van der Waals surface area contributed by atoms with Crippen molar-refractivity contribution in [3.63, 3.8) is 0 Å². The molecule has 1 aliphatic heterocycles. The molecule has 1 spiro atoms. The van der Waals surface area contributed by atoms with Crippen LogP contribution in [-0.2, 0) is 41.1 Å². The van der Waals surface area contributed by atoms with Crippen molar-refractivity contribution in [2.45, 2.75) is 67.8 Å². The summed E-state index contributed by atoms with van der Waals surface area (Å²) in [6.45, 7) is 1.01. The maximum atomic E-state index is 13.3. The highest BCUT2D eigenvalue weighted by Crippen LogP contribution is 2.58. The smallest absolute Gasteiger partial charge is 0.354 e. The number of hydrogen-bond acceptors (Lipinski definition) is 6. The SMILES string of the molecule is CN(C)C1COc2c(S(N)(=O)=NC(=O)Nc3c4c(nc5c3CCC53CC3)CCC4)cnn2C1.